The number of benzene rings is 1. The van der Waals surface area contributed by atoms with Gasteiger partial charge in [-0.05, 0) is 26.2 Å². The maximum absolute atomic E-state index is 12.1. The number of aromatic carboxylic acids is 1. The van der Waals surface area contributed by atoms with Crippen LogP contribution >= 0.6 is 0 Å². The van der Waals surface area contributed by atoms with E-state index in [2.05, 4.69) is 5.32 Å². The van der Waals surface area contributed by atoms with E-state index in [1.807, 2.05) is 19.0 Å². The Labute approximate surface area is 124 Å². The standard InChI is InChI=1S/C14H21N3O4/c1-16(2)7-8-17(3)14(20)15-12-9-10(21-4)5-6-11(12)13(18)19/h5-6,9H,7-8H2,1-4H3,(H,15,20)(H,18,19). The molecule has 0 radical (unpaired) electrons. The summed E-state index contributed by atoms with van der Waals surface area (Å²) < 4.78 is 5.05. The molecule has 0 aromatic heterocycles. The highest BCUT2D eigenvalue weighted by Gasteiger charge is 2.15. The van der Waals surface area contributed by atoms with Gasteiger partial charge in [0.2, 0.25) is 0 Å². The zero-order valence-corrected chi connectivity index (χ0v) is 12.7. The minimum Gasteiger partial charge on any atom is -0.497 e. The van der Waals surface area contributed by atoms with Crippen LogP contribution < -0.4 is 10.1 Å². The average molecular weight is 295 g/mol. The number of urea groups is 1. The highest BCUT2D eigenvalue weighted by atomic mass is 16.5. The van der Waals surface area contributed by atoms with Crippen LogP contribution in [0.3, 0.4) is 0 Å². The molecule has 0 aliphatic carbocycles. The molecule has 0 spiro atoms. The summed E-state index contributed by atoms with van der Waals surface area (Å²) >= 11 is 0. The van der Waals surface area contributed by atoms with Gasteiger partial charge in [-0.15, -0.1) is 0 Å². The quantitative estimate of drug-likeness (QED) is 0.829. The molecule has 0 unspecified atom stereocenters. The summed E-state index contributed by atoms with van der Waals surface area (Å²) in [6.45, 7) is 1.25. The third-order valence-electron chi connectivity index (χ3n) is 2.93. The van der Waals surface area contributed by atoms with E-state index >= 15 is 0 Å². The molecule has 0 fully saturated rings. The van der Waals surface area contributed by atoms with Crippen LogP contribution in [0.5, 0.6) is 5.75 Å². The Kier molecular flexibility index (Phi) is 5.98. The number of hydrogen-bond donors (Lipinski definition) is 2. The number of carbonyl (C=O) groups excluding carboxylic acids is 1. The van der Waals surface area contributed by atoms with E-state index in [1.54, 1.807) is 7.05 Å². The lowest BCUT2D eigenvalue weighted by molar-refractivity contribution is 0.0698. The van der Waals surface area contributed by atoms with Crippen molar-refractivity contribution in [3.05, 3.63) is 23.8 Å². The first-order chi connectivity index (χ1) is 9.85. The number of amides is 2. The highest BCUT2D eigenvalue weighted by molar-refractivity contribution is 6.00. The smallest absolute Gasteiger partial charge is 0.337 e. The van der Waals surface area contributed by atoms with Crippen LogP contribution in [-0.2, 0) is 0 Å². The lowest BCUT2D eigenvalue weighted by atomic mass is 10.1. The normalized spacial score (nSPS) is 10.3. The van der Waals surface area contributed by atoms with Gasteiger partial charge in [0.25, 0.3) is 0 Å². The molecule has 0 saturated carbocycles. The van der Waals surface area contributed by atoms with Crippen LogP contribution in [0.2, 0.25) is 0 Å². The van der Waals surface area contributed by atoms with Gasteiger partial charge in [-0.25, -0.2) is 9.59 Å². The molecule has 0 bridgehead atoms. The van der Waals surface area contributed by atoms with Crippen LogP contribution in [0.4, 0.5) is 10.5 Å². The summed E-state index contributed by atoms with van der Waals surface area (Å²) in [4.78, 5) is 26.7. The molecule has 2 amide bonds. The Morgan fingerprint density at radius 2 is 1.90 bits per heavy atom. The number of carboxylic acid groups (broad SMARTS) is 1. The first-order valence-electron chi connectivity index (χ1n) is 6.43. The number of methoxy groups -OCH3 is 1. The topological polar surface area (TPSA) is 82.1 Å². The van der Waals surface area contributed by atoms with Gasteiger partial charge in [-0.1, -0.05) is 0 Å². The van der Waals surface area contributed by atoms with E-state index in [9.17, 15) is 9.59 Å². The number of carboxylic acids is 1. The molecule has 21 heavy (non-hydrogen) atoms. The summed E-state index contributed by atoms with van der Waals surface area (Å²) in [6, 6.07) is 4.06. The Morgan fingerprint density at radius 1 is 1.24 bits per heavy atom. The van der Waals surface area contributed by atoms with Crippen LogP contribution in [0.25, 0.3) is 0 Å². The second kappa shape index (κ2) is 7.49. The van der Waals surface area contributed by atoms with Gasteiger partial charge in [0.15, 0.2) is 0 Å². The number of anilines is 1. The van der Waals surface area contributed by atoms with Crippen molar-refractivity contribution in [2.24, 2.45) is 0 Å². The summed E-state index contributed by atoms with van der Waals surface area (Å²) in [5.74, 6) is -0.629. The molecular weight excluding hydrogens is 274 g/mol. The minimum absolute atomic E-state index is 0.0187. The molecule has 2 N–H and O–H groups in total. The lowest BCUT2D eigenvalue weighted by Crippen LogP contribution is -2.36. The fourth-order valence-corrected chi connectivity index (χ4v) is 1.60. The Morgan fingerprint density at radius 3 is 2.43 bits per heavy atom. The van der Waals surface area contributed by atoms with Crippen molar-refractivity contribution in [1.82, 2.24) is 9.80 Å². The molecule has 1 aromatic carbocycles. The predicted molar refractivity (Wildman–Crippen MR) is 80.2 cm³/mol. The molecule has 1 aromatic rings. The van der Waals surface area contributed by atoms with Gasteiger partial charge in [-0.3, -0.25) is 0 Å². The number of ether oxygens (including phenoxy) is 1. The van der Waals surface area contributed by atoms with Crippen molar-refractivity contribution in [1.29, 1.82) is 0 Å². The Hall–Kier alpha value is -2.28. The first-order valence-corrected chi connectivity index (χ1v) is 6.43. The van der Waals surface area contributed by atoms with Gasteiger partial charge in [0.1, 0.15) is 5.75 Å². The van der Waals surface area contributed by atoms with Gasteiger partial charge < -0.3 is 25.0 Å². The fraction of sp³-hybridized carbons (Fsp3) is 0.429. The molecule has 0 aliphatic heterocycles. The van der Waals surface area contributed by atoms with Gasteiger partial charge in [-0.2, -0.15) is 0 Å². The lowest BCUT2D eigenvalue weighted by Gasteiger charge is -2.20. The fourth-order valence-electron chi connectivity index (χ4n) is 1.60. The summed E-state index contributed by atoms with van der Waals surface area (Å²) in [6.07, 6.45) is 0. The van der Waals surface area contributed by atoms with Crippen molar-refractivity contribution < 1.29 is 19.4 Å². The number of nitrogens with zero attached hydrogens (tertiary/aromatic N) is 2. The van der Waals surface area contributed by atoms with Gasteiger partial charge in [0.05, 0.1) is 18.4 Å². The Balaban J connectivity index is 2.85. The van der Waals surface area contributed by atoms with E-state index in [1.165, 1.54) is 30.2 Å². The summed E-state index contributed by atoms with van der Waals surface area (Å²) in [7, 11) is 6.96. The van der Waals surface area contributed by atoms with Crippen LogP contribution in [-0.4, -0.2) is 68.2 Å². The first kappa shape index (κ1) is 16.8. The third kappa shape index (κ3) is 4.96. The molecule has 1 rings (SSSR count). The molecule has 0 atom stereocenters. The molecule has 116 valence electrons. The molecule has 0 aliphatic rings. The van der Waals surface area contributed by atoms with E-state index < -0.39 is 5.97 Å². The van der Waals surface area contributed by atoms with Crippen molar-refractivity contribution in [2.75, 3.05) is 46.7 Å². The van der Waals surface area contributed by atoms with Crippen molar-refractivity contribution in [3.8, 4) is 5.75 Å². The minimum atomic E-state index is -1.11. The number of carbonyl (C=O) groups is 2. The van der Waals surface area contributed by atoms with Crippen molar-refractivity contribution >= 4 is 17.7 Å². The molecule has 7 heteroatoms. The maximum Gasteiger partial charge on any atom is 0.337 e. The van der Waals surface area contributed by atoms with E-state index in [0.29, 0.717) is 18.8 Å². The van der Waals surface area contributed by atoms with Gasteiger partial charge >= 0.3 is 12.0 Å². The number of hydrogen-bond acceptors (Lipinski definition) is 4. The van der Waals surface area contributed by atoms with Gasteiger partial charge in [0, 0.05) is 26.2 Å². The zero-order valence-electron chi connectivity index (χ0n) is 12.7. The van der Waals surface area contributed by atoms with Crippen molar-refractivity contribution in [3.63, 3.8) is 0 Å². The molecule has 0 saturated heterocycles. The monoisotopic (exact) mass is 295 g/mol. The largest absolute Gasteiger partial charge is 0.497 e. The van der Waals surface area contributed by atoms with E-state index in [4.69, 9.17) is 9.84 Å². The number of nitrogens with one attached hydrogen (secondary N) is 1. The average Bonchev–Trinajstić information content (AvgIpc) is 2.43. The highest BCUT2D eigenvalue weighted by Crippen LogP contribution is 2.22. The van der Waals surface area contributed by atoms with Crippen LogP contribution in [0.1, 0.15) is 10.4 Å². The maximum atomic E-state index is 12.1. The SMILES string of the molecule is COc1ccc(C(=O)O)c(NC(=O)N(C)CCN(C)C)c1. The summed E-state index contributed by atoms with van der Waals surface area (Å²) in [5.41, 5.74) is 0.230. The van der Waals surface area contributed by atoms with Crippen molar-refractivity contribution in [2.45, 2.75) is 0 Å². The van der Waals surface area contributed by atoms with E-state index in [-0.39, 0.29) is 17.3 Å². The Bertz CT molecular complexity index is 517. The molecular formula is C14H21N3O4. The zero-order chi connectivity index (χ0) is 16.0. The second-order valence-corrected chi connectivity index (χ2v) is 4.87. The summed E-state index contributed by atoms with van der Waals surface area (Å²) in [5, 5.41) is 11.7. The number of rotatable bonds is 6. The molecule has 7 nitrogen and oxygen atoms in total. The number of likely N-dealkylation sites (N-methyl/N-ethyl adjacent to an activating group) is 2. The predicted octanol–water partition coefficient (Wildman–Crippen LogP) is 1.42. The third-order valence-corrected chi connectivity index (χ3v) is 2.93. The van der Waals surface area contributed by atoms with Crippen LogP contribution in [0.15, 0.2) is 18.2 Å². The van der Waals surface area contributed by atoms with Crippen LogP contribution in [0, 0.1) is 0 Å². The molecule has 0 heterocycles. The second-order valence-electron chi connectivity index (χ2n) is 4.87. The van der Waals surface area contributed by atoms with E-state index in [0.717, 1.165) is 0 Å².